The summed E-state index contributed by atoms with van der Waals surface area (Å²) in [6.07, 6.45) is 3.00. The Morgan fingerprint density at radius 2 is 2.07 bits per heavy atom. The summed E-state index contributed by atoms with van der Waals surface area (Å²) in [7, 11) is 0. The number of aryl methyl sites for hydroxylation is 1. The molecule has 0 N–H and O–H groups in total. The molecule has 1 aromatic heterocycles. The van der Waals surface area contributed by atoms with E-state index in [-0.39, 0.29) is 0 Å². The fourth-order valence-electron chi connectivity index (χ4n) is 1.63. The monoisotopic (exact) mass is 269 g/mol. The highest BCUT2D eigenvalue weighted by molar-refractivity contribution is 9.10. The predicted octanol–water partition coefficient (Wildman–Crippen LogP) is 1.72. The van der Waals surface area contributed by atoms with Crippen LogP contribution < -0.4 is 4.90 Å². The van der Waals surface area contributed by atoms with Crippen molar-refractivity contribution < 1.29 is 4.79 Å². The molecule has 1 aliphatic heterocycles. The number of carbonyl (C=O) groups excluding carboxylic acids is 1. The maximum Gasteiger partial charge on any atom is 0.146 e. The van der Waals surface area contributed by atoms with Crippen molar-refractivity contribution in [1.82, 2.24) is 9.97 Å². The van der Waals surface area contributed by atoms with Gasteiger partial charge in [-0.15, -0.1) is 0 Å². The second kappa shape index (κ2) is 4.26. The molecule has 1 saturated heterocycles. The first-order valence-electron chi connectivity index (χ1n) is 4.92. The SMILES string of the molecule is Cc1ncc(Br)c(N2CCC(=O)CC2)n1. The van der Waals surface area contributed by atoms with Crippen molar-refractivity contribution in [2.24, 2.45) is 0 Å². The van der Waals surface area contributed by atoms with E-state index >= 15 is 0 Å². The van der Waals surface area contributed by atoms with Crippen molar-refractivity contribution in [2.45, 2.75) is 19.8 Å². The Kier molecular flexibility index (Phi) is 3.00. The zero-order valence-corrected chi connectivity index (χ0v) is 10.1. The van der Waals surface area contributed by atoms with Crippen molar-refractivity contribution >= 4 is 27.5 Å². The molecule has 1 aliphatic rings. The summed E-state index contributed by atoms with van der Waals surface area (Å²) in [4.78, 5) is 21.7. The maximum atomic E-state index is 11.1. The highest BCUT2D eigenvalue weighted by Gasteiger charge is 2.19. The van der Waals surface area contributed by atoms with Crippen LogP contribution in [0.4, 0.5) is 5.82 Å². The largest absolute Gasteiger partial charge is 0.355 e. The van der Waals surface area contributed by atoms with Crippen LogP contribution in [0.15, 0.2) is 10.7 Å². The zero-order valence-electron chi connectivity index (χ0n) is 8.53. The summed E-state index contributed by atoms with van der Waals surface area (Å²) in [6, 6.07) is 0. The Labute approximate surface area is 96.8 Å². The molecule has 0 spiro atoms. The highest BCUT2D eigenvalue weighted by atomic mass is 79.9. The van der Waals surface area contributed by atoms with Crippen molar-refractivity contribution in [2.75, 3.05) is 18.0 Å². The molecule has 15 heavy (non-hydrogen) atoms. The summed E-state index contributed by atoms with van der Waals surface area (Å²) < 4.78 is 0.891. The molecule has 1 aromatic rings. The second-order valence-corrected chi connectivity index (χ2v) is 4.47. The van der Waals surface area contributed by atoms with Gasteiger partial charge in [-0.1, -0.05) is 0 Å². The molecule has 0 amide bonds. The van der Waals surface area contributed by atoms with Crippen LogP contribution in [0.25, 0.3) is 0 Å². The number of Topliss-reactive ketones (excluding diaryl/α,β-unsaturated/α-hetero) is 1. The normalized spacial score (nSPS) is 16.9. The number of halogens is 1. The first-order valence-corrected chi connectivity index (χ1v) is 5.72. The van der Waals surface area contributed by atoms with E-state index in [4.69, 9.17) is 0 Å². The van der Waals surface area contributed by atoms with E-state index in [1.165, 1.54) is 0 Å². The average molecular weight is 270 g/mol. The molecule has 0 radical (unpaired) electrons. The number of hydrogen-bond donors (Lipinski definition) is 0. The summed E-state index contributed by atoms with van der Waals surface area (Å²) in [5.41, 5.74) is 0. The van der Waals surface area contributed by atoms with Gasteiger partial charge in [0.1, 0.15) is 17.4 Å². The number of piperidine rings is 1. The lowest BCUT2D eigenvalue weighted by Gasteiger charge is -2.27. The van der Waals surface area contributed by atoms with Gasteiger partial charge < -0.3 is 4.90 Å². The molecular formula is C10H12BrN3O. The van der Waals surface area contributed by atoms with Gasteiger partial charge in [-0.3, -0.25) is 4.79 Å². The molecule has 0 atom stereocenters. The van der Waals surface area contributed by atoms with E-state index in [1.807, 2.05) is 6.92 Å². The molecule has 0 aliphatic carbocycles. The lowest BCUT2D eigenvalue weighted by atomic mass is 10.1. The average Bonchev–Trinajstić information content (AvgIpc) is 2.23. The van der Waals surface area contributed by atoms with Crippen LogP contribution in [0.2, 0.25) is 0 Å². The Hall–Kier alpha value is -0.970. The van der Waals surface area contributed by atoms with E-state index in [2.05, 4.69) is 30.8 Å². The molecule has 0 saturated carbocycles. The number of carbonyl (C=O) groups is 1. The second-order valence-electron chi connectivity index (χ2n) is 3.61. The van der Waals surface area contributed by atoms with Crippen LogP contribution in [0, 0.1) is 6.92 Å². The number of ketones is 1. The van der Waals surface area contributed by atoms with Gasteiger partial charge in [0.25, 0.3) is 0 Å². The van der Waals surface area contributed by atoms with Crippen molar-refractivity contribution in [3.05, 3.63) is 16.5 Å². The van der Waals surface area contributed by atoms with Gasteiger partial charge in [-0.2, -0.15) is 0 Å². The number of anilines is 1. The third kappa shape index (κ3) is 2.34. The van der Waals surface area contributed by atoms with Crippen LogP contribution in [0.1, 0.15) is 18.7 Å². The maximum absolute atomic E-state index is 11.1. The smallest absolute Gasteiger partial charge is 0.146 e. The molecule has 2 heterocycles. The minimum Gasteiger partial charge on any atom is -0.355 e. The third-order valence-corrected chi connectivity index (χ3v) is 3.03. The van der Waals surface area contributed by atoms with Gasteiger partial charge in [0, 0.05) is 32.1 Å². The molecule has 2 rings (SSSR count). The molecule has 80 valence electrons. The van der Waals surface area contributed by atoms with Gasteiger partial charge in [0.2, 0.25) is 0 Å². The van der Waals surface area contributed by atoms with Crippen molar-refractivity contribution in [3.8, 4) is 0 Å². The minimum absolute atomic E-state index is 0.341. The van der Waals surface area contributed by atoms with E-state index in [0.29, 0.717) is 18.6 Å². The van der Waals surface area contributed by atoms with Crippen LogP contribution in [-0.2, 0) is 4.79 Å². The van der Waals surface area contributed by atoms with Crippen molar-refractivity contribution in [1.29, 1.82) is 0 Å². The number of rotatable bonds is 1. The van der Waals surface area contributed by atoms with Gasteiger partial charge in [0.05, 0.1) is 4.47 Å². The van der Waals surface area contributed by atoms with E-state index in [0.717, 1.165) is 29.2 Å². The molecule has 4 nitrogen and oxygen atoms in total. The minimum atomic E-state index is 0.341. The molecule has 0 unspecified atom stereocenters. The summed E-state index contributed by atoms with van der Waals surface area (Å²) in [6.45, 7) is 3.38. The molecule has 1 fully saturated rings. The Morgan fingerprint density at radius 1 is 1.40 bits per heavy atom. The number of nitrogens with zero attached hydrogens (tertiary/aromatic N) is 3. The third-order valence-electron chi connectivity index (χ3n) is 2.47. The van der Waals surface area contributed by atoms with Gasteiger partial charge >= 0.3 is 0 Å². The number of aromatic nitrogens is 2. The summed E-state index contributed by atoms with van der Waals surface area (Å²) in [5.74, 6) is 1.99. The Morgan fingerprint density at radius 3 is 2.73 bits per heavy atom. The van der Waals surface area contributed by atoms with Gasteiger partial charge in [0.15, 0.2) is 0 Å². The Bertz CT molecular complexity index is 384. The first kappa shape index (κ1) is 10.5. The lowest BCUT2D eigenvalue weighted by molar-refractivity contribution is -0.119. The topological polar surface area (TPSA) is 46.1 Å². The van der Waals surface area contributed by atoms with Crippen LogP contribution in [-0.4, -0.2) is 28.8 Å². The lowest BCUT2D eigenvalue weighted by Crippen LogP contribution is -2.34. The quantitative estimate of drug-likeness (QED) is 0.779. The molecule has 0 aromatic carbocycles. The van der Waals surface area contributed by atoms with Crippen LogP contribution >= 0.6 is 15.9 Å². The fourth-order valence-corrected chi connectivity index (χ4v) is 2.07. The van der Waals surface area contributed by atoms with Crippen molar-refractivity contribution in [3.63, 3.8) is 0 Å². The molecule has 0 bridgehead atoms. The fraction of sp³-hybridized carbons (Fsp3) is 0.500. The van der Waals surface area contributed by atoms with Crippen LogP contribution in [0.3, 0.4) is 0 Å². The van der Waals surface area contributed by atoms with E-state index in [9.17, 15) is 4.79 Å². The number of hydrogen-bond acceptors (Lipinski definition) is 4. The van der Waals surface area contributed by atoms with E-state index < -0.39 is 0 Å². The zero-order chi connectivity index (χ0) is 10.8. The molecular weight excluding hydrogens is 258 g/mol. The summed E-state index contributed by atoms with van der Waals surface area (Å²) in [5, 5.41) is 0. The summed E-state index contributed by atoms with van der Waals surface area (Å²) >= 11 is 3.43. The van der Waals surface area contributed by atoms with Crippen LogP contribution in [0.5, 0.6) is 0 Å². The highest BCUT2D eigenvalue weighted by Crippen LogP contribution is 2.24. The predicted molar refractivity (Wildman–Crippen MR) is 60.9 cm³/mol. The van der Waals surface area contributed by atoms with Gasteiger partial charge in [-0.05, 0) is 22.9 Å². The molecule has 5 heteroatoms. The van der Waals surface area contributed by atoms with Gasteiger partial charge in [-0.25, -0.2) is 9.97 Å². The first-order chi connectivity index (χ1) is 7.16. The standard InChI is InChI=1S/C10H12BrN3O/c1-7-12-6-9(11)10(13-7)14-4-2-8(15)3-5-14/h6H,2-5H2,1H3. The Balaban J connectivity index is 2.21. The van der Waals surface area contributed by atoms with E-state index in [1.54, 1.807) is 6.20 Å².